The fourth-order valence-electron chi connectivity index (χ4n) is 15.8. The van der Waals surface area contributed by atoms with Crippen LogP contribution in [0.25, 0.3) is 22.3 Å². The Balaban J connectivity index is 0.000000144. The van der Waals surface area contributed by atoms with E-state index in [1.165, 1.54) is 87.2 Å². The van der Waals surface area contributed by atoms with Crippen molar-refractivity contribution >= 4 is 143 Å². The quantitative estimate of drug-likeness (QED) is 0.0201. The van der Waals surface area contributed by atoms with E-state index in [2.05, 4.69) is 10.6 Å². The number of anilines is 2. The molecule has 4 aliphatic carbocycles. The van der Waals surface area contributed by atoms with Gasteiger partial charge in [0.1, 0.15) is 0 Å². The third-order valence-corrected chi connectivity index (χ3v) is 28.6. The zero-order valence-electron chi connectivity index (χ0n) is 66.1. The van der Waals surface area contributed by atoms with Gasteiger partial charge in [-0.05, 0) is 164 Å². The first kappa shape index (κ1) is 89.2. The van der Waals surface area contributed by atoms with E-state index in [0.717, 1.165) is 90.1 Å². The van der Waals surface area contributed by atoms with Crippen LogP contribution in [-0.2, 0) is 88.0 Å². The van der Waals surface area contributed by atoms with Crippen LogP contribution in [0.3, 0.4) is 0 Å². The number of nitrogens with zero attached hydrogens (tertiary/aromatic N) is 6. The Hall–Kier alpha value is -14.5. The van der Waals surface area contributed by atoms with Gasteiger partial charge in [-0.2, -0.15) is 0 Å². The molecule has 126 heavy (non-hydrogen) atoms. The number of rotatable bonds is 20. The average Bonchev–Trinajstić information content (AvgIpc) is 1.59. The topological polar surface area (TPSA) is 517 Å². The van der Waals surface area contributed by atoms with Crippen LogP contribution >= 0.6 is 0 Å². The van der Waals surface area contributed by atoms with Crippen molar-refractivity contribution in [1.29, 1.82) is 0 Å². The molecule has 0 aromatic heterocycles. The van der Waals surface area contributed by atoms with Crippen molar-refractivity contribution < 1.29 is 107 Å². The Morgan fingerprint density at radius 2 is 0.595 bits per heavy atom. The number of nitrogen functional groups attached to an aromatic ring is 1. The lowest BCUT2D eigenvalue weighted by molar-refractivity contribution is -0.385. The summed E-state index contributed by atoms with van der Waals surface area (Å²) in [6.45, 7) is 0.782. The van der Waals surface area contributed by atoms with E-state index < -0.39 is 164 Å². The minimum Gasteiger partial charge on any atom is -0.399 e. The maximum absolute atomic E-state index is 13.6. The molecule has 0 saturated heterocycles. The summed E-state index contributed by atoms with van der Waals surface area (Å²) in [6, 6.07) is 50.6. The fraction of sp³-hybridized carbons (Fsp3) is 0.159. The van der Waals surface area contributed by atoms with Gasteiger partial charge in [-0.3, -0.25) is 85.4 Å². The number of benzene rings is 8. The number of carbonyl (C=O) groups is 10. The molecular formula is C88H73N9O25S4. The number of nitrogens with one attached hydrogen (secondary N) is 2. The lowest BCUT2D eigenvalue weighted by atomic mass is 9.78. The molecule has 8 aromatic carbocycles. The second-order valence-corrected chi connectivity index (χ2v) is 36.7. The van der Waals surface area contributed by atoms with Crippen molar-refractivity contribution in [2.24, 2.45) is 23.7 Å². The Morgan fingerprint density at radius 3 is 0.833 bits per heavy atom. The maximum atomic E-state index is 13.6. The Labute approximate surface area is 719 Å². The minimum absolute atomic E-state index is 0.00218. The molecule has 0 fully saturated rings. The molecule has 8 unspecified atom stereocenters. The molecule has 0 radical (unpaired) electrons. The number of aliphatic hydroxyl groups excluding tert-OH is 3. The normalized spacial score (nSPS) is 20.7. The van der Waals surface area contributed by atoms with Crippen LogP contribution in [0.5, 0.6) is 0 Å². The largest absolute Gasteiger partial charge is 0.399 e. The van der Waals surface area contributed by atoms with Gasteiger partial charge < -0.3 is 31.7 Å². The molecule has 16 rings (SSSR count). The molecule has 0 saturated carbocycles. The van der Waals surface area contributed by atoms with Crippen molar-refractivity contribution in [2.75, 3.05) is 37.4 Å². The van der Waals surface area contributed by atoms with Crippen molar-refractivity contribution in [3.63, 3.8) is 0 Å². The van der Waals surface area contributed by atoms with E-state index in [1.807, 2.05) is 0 Å². The standard InChI is InChI=1S/C23H19N3O7S.C23H20N2O6S.C21H16N2O7S.C21H18N2O5S/c1-14(27)24-12-16-11-20(28)23(29)21-19(15-5-3-2-4-6-15)13-25(22(16)21)34(32,33)18-9-7-17(8-10-18)26(30)31;1-14(27)24-17-7-9-18(10-8-17)32(30,31)25-12-19(15-5-3-2-4-6-15)21-22(25)16(13-26)11-20(28)23(21)29;24-12-14-10-18(25)21(26)19-17(13-4-2-1-3-5-13)11-22(20(14)19)31(29,30)16-8-6-15(7-9-16)23(27)28;22-15-6-8-16(9-7-15)29(27,28)23-11-17(13-4-2-1-3-5-13)19-20(23)14(12-24)10-18(25)21(19)26/h2-11,13,21-22H,12H2,1H3,(H,24,27);2-12,21-22,26H,13H2,1H3,(H,24,27);1-11,19-20,24H,12H2;1-11,19-20,24H,12,22H2. The minimum atomic E-state index is -4.29. The lowest BCUT2D eigenvalue weighted by Crippen LogP contribution is -2.47. The first-order valence-electron chi connectivity index (χ1n) is 38.1. The summed E-state index contributed by atoms with van der Waals surface area (Å²) >= 11 is 0. The number of aliphatic hydroxyl groups is 3. The van der Waals surface area contributed by atoms with Crippen molar-refractivity contribution in [3.8, 4) is 0 Å². The molecule has 8 atom stereocenters. The smallest absolute Gasteiger partial charge is 0.269 e. The molecule has 644 valence electrons. The number of hydrogen-bond donors (Lipinski definition) is 6. The molecule has 2 amide bonds. The van der Waals surface area contributed by atoms with Gasteiger partial charge in [0.25, 0.3) is 51.5 Å². The average molecular weight is 1780 g/mol. The predicted molar refractivity (Wildman–Crippen MR) is 453 cm³/mol. The number of amides is 2. The SMILES string of the molecule is CC(=O)NCC1=CC(=O)C(=O)C2C(c3ccccc3)=CN(S(=O)(=O)c3ccc([N+](=O)[O-])cc3)C12.CC(=O)Nc1ccc(S(=O)(=O)N2C=C(c3ccccc3)C3C(=O)C(=O)C=C(CO)C32)cc1.Nc1ccc(S(=O)(=O)N2C=C(c3ccccc3)C3C(=O)C(=O)C=C(CO)C32)cc1.O=C1C=C(CO)C2C(C1=O)C(c1ccccc1)=CN2S(=O)(=O)c1ccc([N+](=O)[O-])cc1. The van der Waals surface area contributed by atoms with Crippen molar-refractivity contribution in [2.45, 2.75) is 57.6 Å². The van der Waals surface area contributed by atoms with Crippen LogP contribution in [0.4, 0.5) is 22.7 Å². The van der Waals surface area contributed by atoms with E-state index in [4.69, 9.17) is 5.73 Å². The van der Waals surface area contributed by atoms with Crippen LogP contribution in [-0.4, -0.2) is 185 Å². The number of Topliss-reactive ketones (excluding diaryl/α,β-unsaturated/α-hetero) is 4. The van der Waals surface area contributed by atoms with Gasteiger partial charge in [0.05, 0.1) is 97.1 Å². The van der Waals surface area contributed by atoms with E-state index in [-0.39, 0.29) is 71.6 Å². The molecule has 0 bridgehead atoms. The molecule has 7 N–H and O–H groups in total. The number of hydrogen-bond acceptors (Lipinski definition) is 26. The molecule has 4 aliphatic heterocycles. The number of non-ortho nitro benzene ring substituents is 2. The second-order valence-electron chi connectivity index (χ2n) is 29.3. The van der Waals surface area contributed by atoms with Gasteiger partial charge in [-0.25, -0.2) is 33.7 Å². The first-order chi connectivity index (χ1) is 59.9. The molecule has 38 heteroatoms. The van der Waals surface area contributed by atoms with Gasteiger partial charge in [0.2, 0.25) is 58.1 Å². The van der Waals surface area contributed by atoms with E-state index in [1.54, 1.807) is 121 Å². The van der Waals surface area contributed by atoms with Crippen molar-refractivity contribution in [1.82, 2.24) is 22.5 Å². The maximum Gasteiger partial charge on any atom is 0.269 e. The zero-order chi connectivity index (χ0) is 90.8. The van der Waals surface area contributed by atoms with Crippen LogP contribution in [0.2, 0.25) is 0 Å². The van der Waals surface area contributed by atoms with Crippen LogP contribution < -0.4 is 16.4 Å². The van der Waals surface area contributed by atoms with Crippen LogP contribution in [0.15, 0.2) is 309 Å². The number of allylic oxidation sites excluding steroid dienone is 4. The number of nitro benzene ring substituents is 2. The number of nitro groups is 2. The number of fused-ring (bicyclic) bond motifs is 4. The first-order valence-corrected chi connectivity index (χ1v) is 43.9. The van der Waals surface area contributed by atoms with Crippen molar-refractivity contribution in [3.05, 3.63) is 332 Å². The summed E-state index contributed by atoms with van der Waals surface area (Å²) in [5, 5.41) is 56.4. The van der Waals surface area contributed by atoms with Gasteiger partial charge >= 0.3 is 0 Å². The Bertz CT molecular complexity index is 6630. The highest BCUT2D eigenvalue weighted by molar-refractivity contribution is 7.90. The predicted octanol–water partition coefficient (Wildman–Crippen LogP) is 6.65. The molecule has 8 aliphatic rings. The van der Waals surface area contributed by atoms with Crippen LogP contribution in [0, 0.1) is 43.9 Å². The number of nitrogens with two attached hydrogens (primary N) is 1. The monoisotopic (exact) mass is 1780 g/mol. The Kier molecular flexibility index (Phi) is 25.6. The zero-order valence-corrected chi connectivity index (χ0v) is 69.3. The summed E-state index contributed by atoms with van der Waals surface area (Å²) in [5.41, 5.74) is 10.6. The highest BCUT2D eigenvalue weighted by Gasteiger charge is 2.55. The third-order valence-electron chi connectivity index (χ3n) is 21.6. The van der Waals surface area contributed by atoms with E-state index >= 15 is 0 Å². The highest BCUT2D eigenvalue weighted by atomic mass is 32.2. The lowest BCUT2D eigenvalue weighted by Gasteiger charge is -2.33. The van der Waals surface area contributed by atoms with Gasteiger partial charge in [-0.1, -0.05) is 121 Å². The third kappa shape index (κ3) is 17.3. The van der Waals surface area contributed by atoms with Gasteiger partial charge in [0, 0.05) is 80.8 Å². The molecule has 0 spiro atoms. The summed E-state index contributed by atoms with van der Waals surface area (Å²) in [4.78, 5) is 143. The summed E-state index contributed by atoms with van der Waals surface area (Å²) in [7, 11) is -16.8. The Morgan fingerprint density at radius 1 is 0.357 bits per heavy atom. The van der Waals surface area contributed by atoms with E-state index in [0.29, 0.717) is 55.9 Å². The summed E-state index contributed by atoms with van der Waals surface area (Å²) < 4.78 is 112. The van der Waals surface area contributed by atoms with Gasteiger partial charge in [-0.15, -0.1) is 0 Å². The fourth-order valence-corrected chi connectivity index (χ4v) is 21.9. The number of carbonyl (C=O) groups excluding carboxylic acids is 10. The molecule has 8 aromatic rings. The molecular weight excluding hydrogens is 1710 g/mol. The highest BCUT2D eigenvalue weighted by Crippen LogP contribution is 2.49. The number of sulfonamides is 4. The summed E-state index contributed by atoms with van der Waals surface area (Å²) in [5.74, 6) is -11.0. The molecule has 34 nitrogen and oxygen atoms in total. The van der Waals surface area contributed by atoms with Gasteiger partial charge in [0.15, 0.2) is 0 Å². The van der Waals surface area contributed by atoms with Crippen LogP contribution in [0.1, 0.15) is 36.1 Å². The molecule has 4 heterocycles. The second kappa shape index (κ2) is 36.1. The summed E-state index contributed by atoms with van der Waals surface area (Å²) in [6.07, 6.45) is 9.46. The van der Waals surface area contributed by atoms with E-state index in [9.17, 15) is 117 Å². The number of ketones is 8.